The highest BCUT2D eigenvalue weighted by molar-refractivity contribution is 5.34. The van der Waals surface area contributed by atoms with Crippen molar-refractivity contribution < 1.29 is 4.39 Å². The fourth-order valence-electron chi connectivity index (χ4n) is 0.508. The first-order valence-electron chi connectivity index (χ1n) is 2.43. The van der Waals surface area contributed by atoms with Crippen molar-refractivity contribution in [3.8, 4) is 0 Å². The molecule has 0 heterocycles. The molecule has 0 saturated carbocycles. The van der Waals surface area contributed by atoms with Gasteiger partial charge in [0.1, 0.15) is 5.82 Å². The van der Waals surface area contributed by atoms with Gasteiger partial charge in [0.15, 0.2) is 0 Å². The van der Waals surface area contributed by atoms with E-state index >= 15 is 0 Å². The van der Waals surface area contributed by atoms with Crippen LogP contribution in [-0.4, -0.2) is 0 Å². The Morgan fingerprint density at radius 1 is 1.22 bits per heavy atom. The number of halogens is 1. The lowest BCUT2D eigenvalue weighted by atomic mass is 10.3. The Balaban J connectivity index is 3.01. The number of hydrogen-bond acceptors (Lipinski definition) is 1. The molecule has 0 atom stereocenters. The Labute approximate surface area is 51.8 Å². The van der Waals surface area contributed by atoms with Crippen LogP contribution in [0.25, 0.3) is 0 Å². The molecule has 1 aromatic carbocycles. The monoisotopic (exact) mass is 123 g/mol. The van der Waals surface area contributed by atoms with E-state index in [1.165, 1.54) is 24.3 Å². The van der Waals surface area contributed by atoms with Crippen LogP contribution in [0, 0.1) is 5.82 Å². The second kappa shape index (κ2) is 2.35. The van der Waals surface area contributed by atoms with Gasteiger partial charge in [-0.2, -0.15) is 0 Å². The van der Waals surface area contributed by atoms with Gasteiger partial charge in [-0.15, -0.1) is 5.11 Å². The van der Waals surface area contributed by atoms with Gasteiger partial charge in [-0.1, -0.05) is 0 Å². The van der Waals surface area contributed by atoms with Gasteiger partial charge in [-0.3, -0.25) is 0 Å². The molecular weight excluding hydrogens is 119 g/mol. The number of nitrogens with zero attached hydrogens (tertiary/aromatic N) is 2. The molecule has 9 heavy (non-hydrogen) atoms. The van der Waals surface area contributed by atoms with Crippen molar-refractivity contribution >= 4 is 5.69 Å². The van der Waals surface area contributed by atoms with Gasteiger partial charge in [-0.05, 0) is 29.8 Å². The maximum absolute atomic E-state index is 12.1. The molecular formula is C6H4FN2. The minimum Gasteiger partial charge on any atom is -0.207 e. The first-order chi connectivity index (χ1) is 4.33. The lowest BCUT2D eigenvalue weighted by Crippen LogP contribution is -1.68. The van der Waals surface area contributed by atoms with Crippen LogP contribution in [-0.2, 0) is 0 Å². The highest BCUT2D eigenvalue weighted by atomic mass is 19.1. The van der Waals surface area contributed by atoms with Crippen LogP contribution < -0.4 is 5.53 Å². The number of rotatable bonds is 1. The van der Waals surface area contributed by atoms with Crippen molar-refractivity contribution in [1.29, 1.82) is 0 Å². The average Bonchev–Trinajstić information content (AvgIpc) is 1.90. The van der Waals surface area contributed by atoms with E-state index in [9.17, 15) is 4.39 Å². The summed E-state index contributed by atoms with van der Waals surface area (Å²) in [6.07, 6.45) is 0. The minimum atomic E-state index is -0.331. The maximum Gasteiger partial charge on any atom is 0.123 e. The third-order valence-electron chi connectivity index (χ3n) is 0.942. The van der Waals surface area contributed by atoms with Crippen molar-refractivity contribution in [2.45, 2.75) is 0 Å². The predicted octanol–water partition coefficient (Wildman–Crippen LogP) is 1.71. The van der Waals surface area contributed by atoms with Crippen molar-refractivity contribution in [3.63, 3.8) is 0 Å². The summed E-state index contributed by atoms with van der Waals surface area (Å²) < 4.78 is 12.1. The third-order valence-corrected chi connectivity index (χ3v) is 0.942. The van der Waals surface area contributed by atoms with E-state index in [0.717, 1.165) is 0 Å². The molecule has 0 aliphatic heterocycles. The first kappa shape index (κ1) is 5.88. The van der Waals surface area contributed by atoms with Gasteiger partial charge < -0.3 is 0 Å². The van der Waals surface area contributed by atoms with Crippen molar-refractivity contribution in [3.05, 3.63) is 30.1 Å². The molecule has 0 bridgehead atoms. The fourth-order valence-corrected chi connectivity index (χ4v) is 0.508. The molecule has 0 unspecified atom stereocenters. The summed E-state index contributed by atoms with van der Waals surface area (Å²) in [5.41, 5.74) is 8.49. The van der Waals surface area contributed by atoms with Crippen LogP contribution in [0.5, 0.6) is 0 Å². The van der Waals surface area contributed by atoms with E-state index in [2.05, 4.69) is 5.11 Å². The van der Waals surface area contributed by atoms with Gasteiger partial charge in [0.2, 0.25) is 0 Å². The summed E-state index contributed by atoms with van der Waals surface area (Å²) in [7, 11) is 0. The third kappa shape index (κ3) is 1.32. The van der Waals surface area contributed by atoms with Crippen LogP contribution in [0.2, 0.25) is 0 Å². The molecule has 2 nitrogen and oxygen atoms in total. The molecule has 3 heteroatoms. The van der Waals surface area contributed by atoms with Gasteiger partial charge in [0, 0.05) is 0 Å². The summed E-state index contributed by atoms with van der Waals surface area (Å²) in [4.78, 5) is 0. The second-order valence-corrected chi connectivity index (χ2v) is 1.58. The standard InChI is InChI=1S/C6H4FN2/c7-5-1-3-6(9-8)4-2-5/h1-4H. The number of hydrogen-bond donors (Lipinski definition) is 0. The zero-order valence-electron chi connectivity index (χ0n) is 4.58. The molecule has 0 aromatic heterocycles. The van der Waals surface area contributed by atoms with E-state index in [0.29, 0.717) is 5.69 Å². The van der Waals surface area contributed by atoms with E-state index in [4.69, 9.17) is 5.53 Å². The Kier molecular flexibility index (Phi) is 1.53. The summed E-state index contributed by atoms with van der Waals surface area (Å²) in [5, 5.41) is 2.84. The minimum absolute atomic E-state index is 0.331. The van der Waals surface area contributed by atoms with Crippen LogP contribution >= 0.6 is 0 Å². The molecule has 45 valence electrons. The first-order valence-corrected chi connectivity index (χ1v) is 2.43. The van der Waals surface area contributed by atoms with Gasteiger partial charge in [-0.25, -0.2) is 4.39 Å². The van der Waals surface area contributed by atoms with Crippen LogP contribution in [0.4, 0.5) is 10.1 Å². The molecule has 0 N–H and O–H groups in total. The van der Waals surface area contributed by atoms with E-state index in [-0.39, 0.29) is 5.82 Å². The SMILES string of the molecule is [N]=Nc1ccc(F)cc1. The molecule has 0 spiro atoms. The molecule has 1 aromatic rings. The Hall–Kier alpha value is -1.25. The normalized spacial score (nSPS) is 9.00. The Morgan fingerprint density at radius 2 is 1.78 bits per heavy atom. The van der Waals surface area contributed by atoms with Crippen LogP contribution in [0.3, 0.4) is 0 Å². The summed E-state index contributed by atoms with van der Waals surface area (Å²) in [6, 6.07) is 5.23. The lowest BCUT2D eigenvalue weighted by molar-refractivity contribution is 0.628. The molecule has 0 amide bonds. The second-order valence-electron chi connectivity index (χ2n) is 1.58. The maximum atomic E-state index is 12.1. The lowest BCUT2D eigenvalue weighted by Gasteiger charge is -1.86. The summed E-state index contributed by atoms with van der Waals surface area (Å²) >= 11 is 0. The highest BCUT2D eigenvalue weighted by Crippen LogP contribution is 2.09. The van der Waals surface area contributed by atoms with E-state index in [1.807, 2.05) is 0 Å². The summed E-state index contributed by atoms with van der Waals surface area (Å²) in [6.45, 7) is 0. The Bertz CT molecular complexity index is 205. The molecule has 0 aliphatic rings. The average molecular weight is 123 g/mol. The zero-order chi connectivity index (χ0) is 6.69. The largest absolute Gasteiger partial charge is 0.207 e. The van der Waals surface area contributed by atoms with Crippen molar-refractivity contribution in [2.75, 3.05) is 0 Å². The highest BCUT2D eigenvalue weighted by Gasteiger charge is 1.87. The quantitative estimate of drug-likeness (QED) is 0.509. The molecule has 0 fully saturated rings. The predicted molar refractivity (Wildman–Crippen MR) is 30.6 cm³/mol. The van der Waals surface area contributed by atoms with Gasteiger partial charge in [0.25, 0.3) is 0 Å². The molecule has 0 aliphatic carbocycles. The number of benzene rings is 1. The summed E-state index contributed by atoms with van der Waals surface area (Å²) in [5.74, 6) is -0.331. The fraction of sp³-hybridized carbons (Fsp3) is 0. The molecule has 1 radical (unpaired) electrons. The zero-order valence-corrected chi connectivity index (χ0v) is 4.58. The van der Waals surface area contributed by atoms with Crippen LogP contribution in [0.1, 0.15) is 0 Å². The van der Waals surface area contributed by atoms with Crippen molar-refractivity contribution in [1.82, 2.24) is 5.53 Å². The van der Waals surface area contributed by atoms with Gasteiger partial charge >= 0.3 is 0 Å². The van der Waals surface area contributed by atoms with Gasteiger partial charge in [0.05, 0.1) is 5.69 Å². The van der Waals surface area contributed by atoms with Crippen molar-refractivity contribution in [2.24, 2.45) is 5.11 Å². The topological polar surface area (TPSA) is 34.7 Å². The molecule has 0 saturated heterocycles. The Morgan fingerprint density at radius 3 is 2.22 bits per heavy atom. The smallest absolute Gasteiger partial charge is 0.123 e. The van der Waals surface area contributed by atoms with Crippen LogP contribution in [0.15, 0.2) is 29.4 Å². The van der Waals surface area contributed by atoms with E-state index in [1.54, 1.807) is 0 Å². The molecule has 1 rings (SSSR count). The van der Waals surface area contributed by atoms with E-state index < -0.39 is 0 Å².